The molecule has 18 heavy (non-hydrogen) atoms. The lowest BCUT2D eigenvalue weighted by molar-refractivity contribution is 0.483. The first kappa shape index (κ1) is 13.1. The molecule has 1 fully saturated rings. The van der Waals surface area contributed by atoms with E-state index in [0.717, 1.165) is 13.1 Å². The highest BCUT2D eigenvalue weighted by Crippen LogP contribution is 2.49. The van der Waals surface area contributed by atoms with Crippen molar-refractivity contribution < 1.29 is 4.39 Å². The third kappa shape index (κ3) is 3.09. The minimum absolute atomic E-state index is 0.309. The topological polar surface area (TPSA) is 49.8 Å². The van der Waals surface area contributed by atoms with E-state index in [9.17, 15) is 4.39 Å². The molecule has 1 aliphatic rings. The van der Waals surface area contributed by atoms with Crippen LogP contribution >= 0.6 is 0 Å². The van der Waals surface area contributed by atoms with Gasteiger partial charge in [-0.25, -0.2) is 9.37 Å². The van der Waals surface area contributed by atoms with Crippen LogP contribution in [-0.2, 0) is 0 Å². The monoisotopic (exact) mass is 252 g/mol. The van der Waals surface area contributed by atoms with E-state index in [-0.39, 0.29) is 5.82 Å². The molecule has 100 valence electrons. The fourth-order valence-corrected chi connectivity index (χ4v) is 2.23. The van der Waals surface area contributed by atoms with Gasteiger partial charge < -0.3 is 10.6 Å². The second kappa shape index (κ2) is 5.50. The molecule has 0 spiro atoms. The Kier molecular flexibility index (Phi) is 3.99. The summed E-state index contributed by atoms with van der Waals surface area (Å²) in [5.74, 6) is 0.397. The predicted molar refractivity (Wildman–Crippen MR) is 71.2 cm³/mol. The molecule has 0 radical (unpaired) electrons. The third-order valence-electron chi connectivity index (χ3n) is 3.45. The number of aromatic nitrogens is 2. The van der Waals surface area contributed by atoms with Gasteiger partial charge in [-0.05, 0) is 31.6 Å². The van der Waals surface area contributed by atoms with E-state index in [0.29, 0.717) is 17.2 Å². The van der Waals surface area contributed by atoms with Crippen molar-refractivity contribution in [3.63, 3.8) is 0 Å². The zero-order valence-electron chi connectivity index (χ0n) is 11.1. The van der Waals surface area contributed by atoms with Crippen molar-refractivity contribution in [3.8, 4) is 0 Å². The summed E-state index contributed by atoms with van der Waals surface area (Å²) in [6.07, 6.45) is 6.07. The van der Waals surface area contributed by atoms with E-state index in [1.807, 2.05) is 6.92 Å². The summed E-state index contributed by atoms with van der Waals surface area (Å²) in [7, 11) is 0. The molecule has 1 aliphatic carbocycles. The van der Waals surface area contributed by atoms with Gasteiger partial charge in [-0.1, -0.05) is 13.3 Å². The average Bonchev–Trinajstić information content (AvgIpc) is 3.11. The highest BCUT2D eigenvalue weighted by Gasteiger charge is 2.41. The molecule has 0 unspecified atom stereocenters. The second-order valence-corrected chi connectivity index (χ2v) is 5.02. The van der Waals surface area contributed by atoms with Crippen molar-refractivity contribution in [2.75, 3.05) is 23.7 Å². The Morgan fingerprint density at radius 3 is 2.72 bits per heavy atom. The van der Waals surface area contributed by atoms with Gasteiger partial charge in [0.2, 0.25) is 5.95 Å². The molecule has 0 aromatic carbocycles. The molecule has 0 amide bonds. The van der Waals surface area contributed by atoms with Crippen LogP contribution in [0.15, 0.2) is 6.20 Å². The zero-order chi connectivity index (χ0) is 13.0. The number of halogens is 1. The van der Waals surface area contributed by atoms with E-state index in [4.69, 9.17) is 0 Å². The van der Waals surface area contributed by atoms with Crippen LogP contribution in [0.4, 0.5) is 16.2 Å². The first-order valence-corrected chi connectivity index (χ1v) is 6.69. The van der Waals surface area contributed by atoms with Crippen LogP contribution in [0.25, 0.3) is 0 Å². The Bertz CT molecular complexity index is 404. The van der Waals surface area contributed by atoms with Crippen molar-refractivity contribution in [2.24, 2.45) is 5.41 Å². The first-order valence-electron chi connectivity index (χ1n) is 6.69. The highest BCUT2D eigenvalue weighted by atomic mass is 19.1. The largest absolute Gasteiger partial charge is 0.367 e. The number of nitrogens with zero attached hydrogens (tertiary/aromatic N) is 2. The van der Waals surface area contributed by atoms with Crippen molar-refractivity contribution >= 4 is 11.8 Å². The Hall–Kier alpha value is -1.39. The highest BCUT2D eigenvalue weighted by molar-refractivity contribution is 5.41. The minimum Gasteiger partial charge on any atom is -0.367 e. The molecular weight excluding hydrogens is 231 g/mol. The maximum atomic E-state index is 13.6. The zero-order valence-corrected chi connectivity index (χ0v) is 11.1. The van der Waals surface area contributed by atoms with E-state index >= 15 is 0 Å². The van der Waals surface area contributed by atoms with Gasteiger partial charge in [0.25, 0.3) is 0 Å². The number of hydrogen-bond donors (Lipinski definition) is 2. The van der Waals surface area contributed by atoms with Gasteiger partial charge in [0.05, 0.1) is 6.20 Å². The fraction of sp³-hybridized carbons (Fsp3) is 0.692. The van der Waals surface area contributed by atoms with Crippen LogP contribution in [0, 0.1) is 11.2 Å². The summed E-state index contributed by atoms with van der Waals surface area (Å²) in [5.41, 5.74) is 0.379. The molecule has 2 rings (SSSR count). The van der Waals surface area contributed by atoms with Gasteiger partial charge in [0.1, 0.15) is 0 Å². The summed E-state index contributed by atoms with van der Waals surface area (Å²) in [5, 5.41) is 6.12. The van der Waals surface area contributed by atoms with Crippen LogP contribution in [0.2, 0.25) is 0 Å². The van der Waals surface area contributed by atoms with E-state index in [1.165, 1.54) is 31.9 Å². The van der Waals surface area contributed by atoms with Gasteiger partial charge in [-0.3, -0.25) is 0 Å². The van der Waals surface area contributed by atoms with E-state index in [2.05, 4.69) is 27.5 Å². The predicted octanol–water partition coefficient (Wildman–Crippen LogP) is 3.04. The van der Waals surface area contributed by atoms with Crippen LogP contribution in [0.1, 0.15) is 39.5 Å². The SMILES string of the molecule is CCCC1(CNc2nc(NCC)ncc2F)CC1. The Labute approximate surface area is 107 Å². The van der Waals surface area contributed by atoms with Gasteiger partial charge in [-0.15, -0.1) is 0 Å². The molecule has 5 heteroatoms. The second-order valence-electron chi connectivity index (χ2n) is 5.02. The molecule has 2 N–H and O–H groups in total. The molecule has 0 bridgehead atoms. The molecule has 1 aromatic rings. The number of nitrogens with one attached hydrogen (secondary N) is 2. The smallest absolute Gasteiger partial charge is 0.224 e. The van der Waals surface area contributed by atoms with Crippen LogP contribution < -0.4 is 10.6 Å². The van der Waals surface area contributed by atoms with Crippen LogP contribution in [-0.4, -0.2) is 23.1 Å². The Morgan fingerprint density at radius 2 is 2.11 bits per heavy atom. The molecule has 0 aliphatic heterocycles. The minimum atomic E-state index is -0.385. The molecule has 0 saturated heterocycles. The summed E-state index contributed by atoms with van der Waals surface area (Å²) >= 11 is 0. The molecule has 4 nitrogen and oxygen atoms in total. The van der Waals surface area contributed by atoms with Crippen molar-refractivity contribution in [2.45, 2.75) is 39.5 Å². The third-order valence-corrected chi connectivity index (χ3v) is 3.45. The van der Waals surface area contributed by atoms with Crippen molar-refractivity contribution in [1.29, 1.82) is 0 Å². The quantitative estimate of drug-likeness (QED) is 0.783. The molecular formula is C13H21FN4. The van der Waals surface area contributed by atoms with E-state index < -0.39 is 0 Å². The standard InChI is InChI=1S/C13H21FN4/c1-3-5-13(6-7-13)9-17-11-10(14)8-16-12(18-11)15-4-2/h8H,3-7,9H2,1-2H3,(H2,15,16,17,18). The lowest BCUT2D eigenvalue weighted by Crippen LogP contribution is -2.17. The van der Waals surface area contributed by atoms with Crippen LogP contribution in [0.3, 0.4) is 0 Å². The maximum Gasteiger partial charge on any atom is 0.224 e. The number of hydrogen-bond acceptors (Lipinski definition) is 4. The van der Waals surface area contributed by atoms with Crippen molar-refractivity contribution in [1.82, 2.24) is 9.97 Å². The normalized spacial score (nSPS) is 16.4. The van der Waals surface area contributed by atoms with Gasteiger partial charge in [0, 0.05) is 13.1 Å². The van der Waals surface area contributed by atoms with Gasteiger partial charge in [0.15, 0.2) is 11.6 Å². The molecule has 1 saturated carbocycles. The van der Waals surface area contributed by atoms with Crippen molar-refractivity contribution in [3.05, 3.63) is 12.0 Å². The summed E-state index contributed by atoms with van der Waals surface area (Å²) in [4.78, 5) is 8.03. The lowest BCUT2D eigenvalue weighted by atomic mass is 10.0. The Morgan fingerprint density at radius 1 is 1.33 bits per heavy atom. The van der Waals surface area contributed by atoms with Crippen LogP contribution in [0.5, 0.6) is 0 Å². The summed E-state index contributed by atoms with van der Waals surface area (Å²) in [6, 6.07) is 0. The average molecular weight is 252 g/mol. The Balaban J connectivity index is 1.97. The molecule has 1 heterocycles. The maximum absolute atomic E-state index is 13.6. The van der Waals surface area contributed by atoms with E-state index in [1.54, 1.807) is 0 Å². The van der Waals surface area contributed by atoms with Gasteiger partial charge >= 0.3 is 0 Å². The summed E-state index contributed by atoms with van der Waals surface area (Å²) < 4.78 is 13.6. The van der Waals surface area contributed by atoms with Gasteiger partial charge in [-0.2, -0.15) is 4.98 Å². The lowest BCUT2D eigenvalue weighted by Gasteiger charge is -2.16. The molecule has 0 atom stereocenters. The first-order chi connectivity index (χ1) is 8.69. The molecule has 1 aromatic heterocycles. The fourth-order valence-electron chi connectivity index (χ4n) is 2.23. The number of anilines is 2. The number of rotatable bonds is 7. The summed E-state index contributed by atoms with van der Waals surface area (Å²) in [6.45, 7) is 5.68.